The summed E-state index contributed by atoms with van der Waals surface area (Å²) in [4.78, 5) is 0. The molecule has 1 aliphatic rings. The third-order valence-electron chi connectivity index (χ3n) is 4.74. The molecule has 0 radical (unpaired) electrons. The van der Waals surface area contributed by atoms with Gasteiger partial charge in [-0.25, -0.2) is 0 Å². The molecule has 0 N–H and O–H groups in total. The van der Waals surface area contributed by atoms with Crippen LogP contribution in [0.4, 0.5) is 0 Å². The molecule has 1 atom stereocenters. The summed E-state index contributed by atoms with van der Waals surface area (Å²) in [5, 5.41) is 0. The maximum atomic E-state index is 5.89. The van der Waals surface area contributed by atoms with Crippen molar-refractivity contribution in [1.29, 1.82) is 0 Å². The van der Waals surface area contributed by atoms with E-state index < -0.39 is 0 Å². The molecular formula is C20H40OS. The highest BCUT2D eigenvalue weighted by atomic mass is 32.2. The van der Waals surface area contributed by atoms with Crippen molar-refractivity contribution in [2.45, 2.75) is 109 Å². The van der Waals surface area contributed by atoms with Crippen LogP contribution < -0.4 is 0 Å². The van der Waals surface area contributed by atoms with Gasteiger partial charge in [0.25, 0.3) is 0 Å². The van der Waals surface area contributed by atoms with Crippen molar-refractivity contribution in [3.63, 3.8) is 0 Å². The molecular weight excluding hydrogens is 288 g/mol. The first kappa shape index (κ1) is 20.4. The molecule has 22 heavy (non-hydrogen) atoms. The van der Waals surface area contributed by atoms with Gasteiger partial charge in [0.15, 0.2) is 0 Å². The molecule has 0 aromatic rings. The first-order chi connectivity index (χ1) is 10.9. The molecule has 0 aromatic heterocycles. The number of rotatable bonds is 16. The van der Waals surface area contributed by atoms with Crippen LogP contribution in [0.25, 0.3) is 0 Å². The van der Waals surface area contributed by atoms with Gasteiger partial charge in [-0.3, -0.25) is 0 Å². The van der Waals surface area contributed by atoms with Gasteiger partial charge in [0.2, 0.25) is 0 Å². The minimum Gasteiger partial charge on any atom is -0.377 e. The van der Waals surface area contributed by atoms with Crippen molar-refractivity contribution in [1.82, 2.24) is 0 Å². The highest BCUT2D eigenvalue weighted by Gasteiger charge is 2.14. The highest BCUT2D eigenvalue weighted by Crippen LogP contribution is 2.20. The van der Waals surface area contributed by atoms with Crippen LogP contribution in [0.1, 0.15) is 103 Å². The van der Waals surface area contributed by atoms with Crippen LogP contribution in [0.15, 0.2) is 0 Å². The number of thioether (sulfide) groups is 1. The van der Waals surface area contributed by atoms with E-state index >= 15 is 0 Å². The fourth-order valence-electron chi connectivity index (χ4n) is 3.19. The molecule has 1 fully saturated rings. The molecule has 1 aliphatic heterocycles. The van der Waals surface area contributed by atoms with Gasteiger partial charge in [-0.15, -0.1) is 0 Å². The van der Waals surface area contributed by atoms with Crippen molar-refractivity contribution in [3.8, 4) is 0 Å². The van der Waals surface area contributed by atoms with Gasteiger partial charge in [0.05, 0.1) is 6.10 Å². The smallest absolute Gasteiger partial charge is 0.0673 e. The Morgan fingerprint density at radius 1 is 0.727 bits per heavy atom. The zero-order chi connectivity index (χ0) is 15.7. The molecule has 132 valence electrons. The maximum absolute atomic E-state index is 5.89. The average molecular weight is 329 g/mol. The first-order valence-corrected chi connectivity index (χ1v) is 11.3. The van der Waals surface area contributed by atoms with Crippen molar-refractivity contribution >= 4 is 11.8 Å². The van der Waals surface area contributed by atoms with Crippen molar-refractivity contribution in [2.24, 2.45) is 0 Å². The molecule has 0 spiro atoms. The second kappa shape index (κ2) is 16.2. The zero-order valence-electron chi connectivity index (χ0n) is 15.1. The maximum Gasteiger partial charge on any atom is 0.0673 e. The Labute approximate surface area is 144 Å². The molecule has 1 heterocycles. The lowest BCUT2D eigenvalue weighted by Crippen LogP contribution is -2.11. The Kier molecular flexibility index (Phi) is 15.0. The van der Waals surface area contributed by atoms with Gasteiger partial charge < -0.3 is 4.74 Å². The summed E-state index contributed by atoms with van der Waals surface area (Å²) >= 11 is 2.04. The summed E-state index contributed by atoms with van der Waals surface area (Å²) in [6.07, 6.45) is 21.9. The summed E-state index contributed by atoms with van der Waals surface area (Å²) in [5.74, 6) is 2.54. The zero-order valence-corrected chi connectivity index (χ0v) is 15.9. The summed E-state index contributed by atoms with van der Waals surface area (Å²) in [6.45, 7) is 3.30. The van der Waals surface area contributed by atoms with E-state index in [0.717, 1.165) is 6.61 Å². The Morgan fingerprint density at radius 2 is 1.23 bits per heavy atom. The summed E-state index contributed by atoms with van der Waals surface area (Å²) in [5.41, 5.74) is 0. The van der Waals surface area contributed by atoms with Gasteiger partial charge in [0, 0.05) is 12.4 Å². The van der Waals surface area contributed by atoms with Gasteiger partial charge in [0.1, 0.15) is 0 Å². The van der Waals surface area contributed by atoms with Gasteiger partial charge in [-0.2, -0.15) is 11.8 Å². The fourth-order valence-corrected chi connectivity index (χ4v) is 4.31. The lowest BCUT2D eigenvalue weighted by atomic mass is 10.0. The van der Waals surface area contributed by atoms with E-state index in [2.05, 4.69) is 6.92 Å². The third kappa shape index (κ3) is 12.8. The minimum atomic E-state index is 0.576. The van der Waals surface area contributed by atoms with Crippen LogP contribution in [0.2, 0.25) is 0 Å². The van der Waals surface area contributed by atoms with Crippen LogP contribution in [0, 0.1) is 0 Å². The Bertz CT molecular complexity index is 214. The van der Waals surface area contributed by atoms with E-state index in [0.29, 0.717) is 6.10 Å². The van der Waals surface area contributed by atoms with Crippen LogP contribution in [-0.2, 0) is 4.74 Å². The van der Waals surface area contributed by atoms with Crippen molar-refractivity contribution < 1.29 is 4.74 Å². The molecule has 1 saturated heterocycles. The molecule has 0 saturated carbocycles. The van der Waals surface area contributed by atoms with Crippen molar-refractivity contribution in [2.75, 3.05) is 18.1 Å². The standard InChI is InChI=1S/C20H40OS/c1-2-3-4-5-6-7-8-9-10-11-12-13-14-15-17-21-20-16-18-22-19-20/h20H,2-19H2,1H3. The lowest BCUT2D eigenvalue weighted by Gasteiger charge is -2.09. The van der Waals surface area contributed by atoms with Gasteiger partial charge in [-0.05, 0) is 18.6 Å². The molecule has 1 unspecified atom stereocenters. The lowest BCUT2D eigenvalue weighted by molar-refractivity contribution is 0.0683. The summed E-state index contributed by atoms with van der Waals surface area (Å²) in [7, 11) is 0. The summed E-state index contributed by atoms with van der Waals surface area (Å²) in [6, 6.07) is 0. The molecule has 0 aliphatic carbocycles. The van der Waals surface area contributed by atoms with E-state index in [4.69, 9.17) is 4.74 Å². The molecule has 0 bridgehead atoms. The monoisotopic (exact) mass is 328 g/mol. The third-order valence-corrected chi connectivity index (χ3v) is 5.87. The second-order valence-electron chi connectivity index (χ2n) is 6.95. The molecule has 1 nitrogen and oxygen atoms in total. The molecule has 0 aromatic carbocycles. The highest BCUT2D eigenvalue weighted by molar-refractivity contribution is 7.99. The van der Waals surface area contributed by atoms with Gasteiger partial charge in [-0.1, -0.05) is 90.4 Å². The minimum absolute atomic E-state index is 0.576. The van der Waals surface area contributed by atoms with Crippen LogP contribution >= 0.6 is 11.8 Å². The number of ether oxygens (including phenoxy) is 1. The predicted octanol–water partition coefficient (Wildman–Crippen LogP) is 6.99. The van der Waals surface area contributed by atoms with E-state index in [9.17, 15) is 0 Å². The van der Waals surface area contributed by atoms with E-state index in [1.54, 1.807) is 0 Å². The SMILES string of the molecule is CCCCCCCCCCCCCCCCOC1CCSC1. The second-order valence-corrected chi connectivity index (χ2v) is 8.10. The van der Waals surface area contributed by atoms with E-state index in [1.165, 1.54) is 108 Å². The molecule has 1 rings (SSSR count). The molecule has 0 amide bonds. The van der Waals surface area contributed by atoms with Gasteiger partial charge >= 0.3 is 0 Å². The van der Waals surface area contributed by atoms with Crippen LogP contribution in [-0.4, -0.2) is 24.2 Å². The van der Waals surface area contributed by atoms with Crippen LogP contribution in [0.3, 0.4) is 0 Å². The average Bonchev–Trinajstić information content (AvgIpc) is 3.04. The van der Waals surface area contributed by atoms with E-state index in [-0.39, 0.29) is 0 Å². The Hall–Kier alpha value is 0.310. The predicted molar refractivity (Wildman–Crippen MR) is 102 cm³/mol. The normalized spacial score (nSPS) is 18.1. The number of hydrogen-bond donors (Lipinski definition) is 0. The Balaban J connectivity index is 1.64. The van der Waals surface area contributed by atoms with Crippen molar-refractivity contribution in [3.05, 3.63) is 0 Å². The number of unbranched alkanes of at least 4 members (excludes halogenated alkanes) is 13. The first-order valence-electron chi connectivity index (χ1n) is 10.1. The topological polar surface area (TPSA) is 9.23 Å². The van der Waals surface area contributed by atoms with Crippen LogP contribution in [0.5, 0.6) is 0 Å². The number of hydrogen-bond acceptors (Lipinski definition) is 2. The Morgan fingerprint density at radius 3 is 1.68 bits per heavy atom. The largest absolute Gasteiger partial charge is 0.377 e. The quantitative estimate of drug-likeness (QED) is 0.282. The van der Waals surface area contributed by atoms with E-state index in [1.807, 2.05) is 11.8 Å². The molecule has 2 heteroatoms. The fraction of sp³-hybridized carbons (Fsp3) is 1.00. The summed E-state index contributed by atoms with van der Waals surface area (Å²) < 4.78 is 5.89.